The van der Waals surface area contributed by atoms with E-state index in [1.165, 1.54) is 18.4 Å². The summed E-state index contributed by atoms with van der Waals surface area (Å²) in [5.41, 5.74) is 7.88. The molecule has 2 aliphatic carbocycles. The van der Waals surface area contributed by atoms with E-state index in [4.69, 9.17) is 0 Å². The van der Waals surface area contributed by atoms with Crippen molar-refractivity contribution in [3.8, 4) is 11.1 Å². The fourth-order valence-corrected chi connectivity index (χ4v) is 2.05. The lowest BCUT2D eigenvalue weighted by molar-refractivity contribution is 1.14. The van der Waals surface area contributed by atoms with E-state index in [0.717, 1.165) is 0 Å². The van der Waals surface area contributed by atoms with Crippen LogP contribution in [0.3, 0.4) is 0 Å². The Morgan fingerprint density at radius 1 is 1.09 bits per heavy atom. The molecule has 0 heteroatoms. The SMILES string of the molecule is CCc1cc(C)c2c(CC)c1-2. The molecule has 0 aromatic carbocycles. The maximum atomic E-state index is 2.34. The van der Waals surface area contributed by atoms with Crippen molar-refractivity contribution in [1.29, 1.82) is 0 Å². The molecule has 0 nitrogen and oxygen atoms in total. The zero-order valence-corrected chi connectivity index (χ0v) is 7.49. The summed E-state index contributed by atoms with van der Waals surface area (Å²) in [6.07, 6.45) is 2.42. The zero-order chi connectivity index (χ0) is 8.01. The molecule has 2 aliphatic rings. The summed E-state index contributed by atoms with van der Waals surface area (Å²) in [6, 6.07) is 2.34. The molecule has 0 saturated carbocycles. The lowest BCUT2D eigenvalue weighted by Crippen LogP contribution is -1.73. The van der Waals surface area contributed by atoms with Crippen molar-refractivity contribution in [2.75, 3.05) is 0 Å². The summed E-state index contributed by atoms with van der Waals surface area (Å²) in [5, 5.41) is 0. The van der Waals surface area contributed by atoms with Crippen LogP contribution in [-0.2, 0) is 12.8 Å². The van der Waals surface area contributed by atoms with E-state index in [0.29, 0.717) is 0 Å². The second-order valence-corrected chi connectivity index (χ2v) is 3.29. The second kappa shape index (κ2) is 2.10. The van der Waals surface area contributed by atoms with Gasteiger partial charge in [-0.15, -0.1) is 0 Å². The van der Waals surface area contributed by atoms with Crippen LogP contribution in [0.5, 0.6) is 0 Å². The van der Waals surface area contributed by atoms with Crippen LogP contribution in [0.1, 0.15) is 30.5 Å². The molecule has 0 spiro atoms. The molecule has 0 bridgehead atoms. The van der Waals surface area contributed by atoms with Gasteiger partial charge in [0.1, 0.15) is 0 Å². The van der Waals surface area contributed by atoms with E-state index in [1.54, 1.807) is 22.3 Å². The van der Waals surface area contributed by atoms with Gasteiger partial charge in [-0.3, -0.25) is 0 Å². The van der Waals surface area contributed by atoms with Gasteiger partial charge in [0.05, 0.1) is 0 Å². The van der Waals surface area contributed by atoms with Crippen LogP contribution in [0.15, 0.2) is 6.07 Å². The van der Waals surface area contributed by atoms with E-state index >= 15 is 0 Å². The van der Waals surface area contributed by atoms with Crippen molar-refractivity contribution in [3.63, 3.8) is 0 Å². The van der Waals surface area contributed by atoms with Gasteiger partial charge < -0.3 is 0 Å². The van der Waals surface area contributed by atoms with Gasteiger partial charge in [0.2, 0.25) is 0 Å². The number of hydrogen-bond acceptors (Lipinski definition) is 0. The molecular weight excluding hydrogens is 132 g/mol. The van der Waals surface area contributed by atoms with Gasteiger partial charge in [-0.1, -0.05) is 19.9 Å². The molecular formula is C11H14. The van der Waals surface area contributed by atoms with Crippen LogP contribution in [0.4, 0.5) is 0 Å². The minimum absolute atomic E-state index is 1.19. The summed E-state index contributed by atoms with van der Waals surface area (Å²) in [6.45, 7) is 6.70. The lowest BCUT2D eigenvalue weighted by atomic mass is 10.2. The van der Waals surface area contributed by atoms with Crippen molar-refractivity contribution in [2.45, 2.75) is 33.6 Å². The van der Waals surface area contributed by atoms with Crippen LogP contribution in [-0.4, -0.2) is 0 Å². The fraction of sp³-hybridized carbons (Fsp3) is 0.455. The van der Waals surface area contributed by atoms with Gasteiger partial charge in [-0.2, -0.15) is 0 Å². The highest BCUT2D eigenvalue weighted by Crippen LogP contribution is 2.49. The van der Waals surface area contributed by atoms with Crippen LogP contribution in [0.2, 0.25) is 0 Å². The molecule has 0 atom stereocenters. The van der Waals surface area contributed by atoms with Gasteiger partial charge in [0.25, 0.3) is 0 Å². The average Bonchev–Trinajstić information content (AvgIpc) is 2.65. The van der Waals surface area contributed by atoms with Gasteiger partial charge >= 0.3 is 0 Å². The summed E-state index contributed by atoms with van der Waals surface area (Å²) in [7, 11) is 0. The predicted molar refractivity (Wildman–Crippen MR) is 48.9 cm³/mol. The first-order valence-corrected chi connectivity index (χ1v) is 4.45. The van der Waals surface area contributed by atoms with Crippen LogP contribution in [0.25, 0.3) is 11.1 Å². The van der Waals surface area contributed by atoms with Crippen LogP contribution >= 0.6 is 0 Å². The van der Waals surface area contributed by atoms with E-state index in [-0.39, 0.29) is 0 Å². The standard InChI is InChI=1S/C11H14/c1-4-8-6-7(3)10-9(5-2)11(8)10/h6H,4-5H2,1-3H3. The molecule has 58 valence electrons. The third-order valence-corrected chi connectivity index (χ3v) is 2.63. The molecule has 0 N–H and O–H groups in total. The van der Waals surface area contributed by atoms with E-state index in [9.17, 15) is 0 Å². The van der Waals surface area contributed by atoms with Gasteiger partial charge in [0, 0.05) is 0 Å². The monoisotopic (exact) mass is 146 g/mol. The summed E-state index contributed by atoms with van der Waals surface area (Å²) in [4.78, 5) is 0. The number of benzene rings is 1. The maximum Gasteiger partial charge on any atom is -0.0108 e. The van der Waals surface area contributed by atoms with E-state index < -0.39 is 0 Å². The lowest BCUT2D eigenvalue weighted by Gasteiger charge is -1.87. The Hall–Kier alpha value is -0.780. The molecule has 11 heavy (non-hydrogen) atoms. The van der Waals surface area contributed by atoms with Crippen molar-refractivity contribution < 1.29 is 0 Å². The van der Waals surface area contributed by atoms with Crippen molar-refractivity contribution in [3.05, 3.63) is 22.8 Å². The molecule has 0 saturated heterocycles. The average molecular weight is 146 g/mol. The highest BCUT2D eigenvalue weighted by molar-refractivity contribution is 5.95. The molecule has 0 radical (unpaired) electrons. The number of rotatable bonds is 2. The largest absolute Gasteiger partial charge is 0.0613 e. The van der Waals surface area contributed by atoms with Gasteiger partial charge in [0.15, 0.2) is 0 Å². The van der Waals surface area contributed by atoms with Crippen LogP contribution < -0.4 is 0 Å². The van der Waals surface area contributed by atoms with Gasteiger partial charge in [-0.05, 0) is 47.6 Å². The third-order valence-electron chi connectivity index (χ3n) is 2.63. The smallest absolute Gasteiger partial charge is 0.0108 e. The van der Waals surface area contributed by atoms with Crippen molar-refractivity contribution in [1.82, 2.24) is 0 Å². The Kier molecular flexibility index (Phi) is 1.32. The second-order valence-electron chi connectivity index (χ2n) is 3.29. The fourth-order valence-electron chi connectivity index (χ4n) is 2.05. The topological polar surface area (TPSA) is 0 Å². The number of aryl methyl sites for hydroxylation is 3. The molecule has 0 fully saturated rings. The minimum Gasteiger partial charge on any atom is -0.0613 e. The summed E-state index contributed by atoms with van der Waals surface area (Å²) < 4.78 is 0. The maximum absolute atomic E-state index is 2.34. The van der Waals surface area contributed by atoms with E-state index in [2.05, 4.69) is 26.8 Å². The molecule has 0 aromatic heterocycles. The normalized spacial score (nSPS) is 11.9. The van der Waals surface area contributed by atoms with Gasteiger partial charge in [-0.25, -0.2) is 0 Å². The molecule has 2 rings (SSSR count). The Balaban J connectivity index is 2.47. The van der Waals surface area contributed by atoms with Crippen molar-refractivity contribution in [2.24, 2.45) is 0 Å². The Bertz CT molecular complexity index is 308. The highest BCUT2D eigenvalue weighted by Gasteiger charge is 2.28. The van der Waals surface area contributed by atoms with Crippen LogP contribution in [0, 0.1) is 6.92 Å². The summed E-state index contributed by atoms with van der Waals surface area (Å²) >= 11 is 0. The highest BCUT2D eigenvalue weighted by atomic mass is 14.3. The molecule has 0 amide bonds. The Morgan fingerprint density at radius 2 is 1.82 bits per heavy atom. The molecule has 0 aromatic rings. The first-order chi connectivity index (χ1) is 5.29. The summed E-state index contributed by atoms with van der Waals surface area (Å²) in [5.74, 6) is 0. The first kappa shape index (κ1) is 6.90. The van der Waals surface area contributed by atoms with Crippen molar-refractivity contribution >= 4 is 0 Å². The minimum atomic E-state index is 1.19. The predicted octanol–water partition coefficient (Wildman–Crippen LogP) is 3.10. The third kappa shape index (κ3) is 0.756. The Labute approximate surface area is 68.3 Å². The number of fused-ring (bicyclic) bond motifs is 1. The quantitative estimate of drug-likeness (QED) is 0.610. The number of hydrogen-bond donors (Lipinski definition) is 0. The molecule has 0 aliphatic heterocycles. The zero-order valence-electron chi connectivity index (χ0n) is 7.49. The molecule has 0 unspecified atom stereocenters. The Morgan fingerprint density at radius 3 is 2.27 bits per heavy atom. The molecule has 0 heterocycles. The van der Waals surface area contributed by atoms with E-state index in [1.807, 2.05) is 0 Å². The first-order valence-electron chi connectivity index (χ1n) is 4.45.